The smallest absolute Gasteiger partial charge is 0.326 e. The van der Waals surface area contributed by atoms with Crippen molar-refractivity contribution in [1.82, 2.24) is 15.5 Å². The minimum Gasteiger partial charge on any atom is -0.480 e. The number of aliphatic carboxylic acids is 1. The zero-order valence-corrected chi connectivity index (χ0v) is 13.8. The van der Waals surface area contributed by atoms with Crippen molar-refractivity contribution >= 4 is 23.2 Å². The van der Waals surface area contributed by atoms with Gasteiger partial charge in [-0.05, 0) is 17.4 Å². The van der Waals surface area contributed by atoms with Crippen LogP contribution in [0.3, 0.4) is 0 Å². The molecule has 0 unspecified atom stereocenters. The molecule has 0 fully saturated rings. The Labute approximate surface area is 137 Å². The van der Waals surface area contributed by atoms with Gasteiger partial charge in [-0.2, -0.15) is 16.3 Å². The van der Waals surface area contributed by atoms with Gasteiger partial charge in [0.05, 0.1) is 0 Å². The summed E-state index contributed by atoms with van der Waals surface area (Å²) in [6.45, 7) is 3.68. The lowest BCUT2D eigenvalue weighted by Gasteiger charge is -2.19. The van der Waals surface area contributed by atoms with Crippen LogP contribution in [-0.2, 0) is 16.0 Å². The van der Waals surface area contributed by atoms with Crippen molar-refractivity contribution in [1.29, 1.82) is 0 Å². The van der Waals surface area contributed by atoms with E-state index in [2.05, 4.69) is 15.5 Å². The molecule has 0 aliphatic heterocycles. The van der Waals surface area contributed by atoms with E-state index < -0.39 is 12.0 Å². The molecule has 23 heavy (non-hydrogen) atoms. The molecule has 8 heteroatoms. The SMILES string of the molecule is CC[C@H](C)[C@H](NC(=O)CCc1nc(-c2ccsc2)no1)C(=O)O. The molecule has 7 nitrogen and oxygen atoms in total. The Kier molecular flexibility index (Phi) is 5.86. The van der Waals surface area contributed by atoms with Crippen LogP contribution in [0, 0.1) is 5.92 Å². The van der Waals surface area contributed by atoms with E-state index in [0.29, 0.717) is 18.1 Å². The summed E-state index contributed by atoms with van der Waals surface area (Å²) in [4.78, 5) is 27.3. The summed E-state index contributed by atoms with van der Waals surface area (Å²) in [6, 6.07) is 1.01. The first-order chi connectivity index (χ1) is 11.0. The van der Waals surface area contributed by atoms with Crippen LogP contribution in [0.5, 0.6) is 0 Å². The summed E-state index contributed by atoms with van der Waals surface area (Å²) >= 11 is 1.53. The average molecular weight is 337 g/mol. The van der Waals surface area contributed by atoms with E-state index in [1.807, 2.05) is 23.8 Å². The van der Waals surface area contributed by atoms with E-state index in [1.54, 1.807) is 6.92 Å². The van der Waals surface area contributed by atoms with Gasteiger partial charge in [0.1, 0.15) is 6.04 Å². The van der Waals surface area contributed by atoms with E-state index in [1.165, 1.54) is 11.3 Å². The first-order valence-electron chi connectivity index (χ1n) is 7.38. The molecule has 2 aromatic heterocycles. The monoisotopic (exact) mass is 337 g/mol. The maximum Gasteiger partial charge on any atom is 0.326 e. The minimum atomic E-state index is -1.02. The van der Waals surface area contributed by atoms with Gasteiger partial charge in [0.25, 0.3) is 0 Å². The molecular formula is C15H19N3O4S. The van der Waals surface area contributed by atoms with Crippen LogP contribution in [0.4, 0.5) is 0 Å². The minimum absolute atomic E-state index is 0.103. The molecule has 0 spiro atoms. The number of carboxylic acid groups (broad SMARTS) is 1. The molecule has 2 aromatic rings. The van der Waals surface area contributed by atoms with Crippen LogP contribution in [-0.4, -0.2) is 33.2 Å². The van der Waals surface area contributed by atoms with Crippen molar-refractivity contribution in [3.8, 4) is 11.4 Å². The number of aromatic nitrogens is 2. The Bertz CT molecular complexity index is 653. The molecule has 0 aromatic carbocycles. The molecule has 1 amide bonds. The maximum absolute atomic E-state index is 11.9. The molecule has 0 radical (unpaired) electrons. The Morgan fingerprint density at radius 2 is 2.26 bits per heavy atom. The van der Waals surface area contributed by atoms with Crippen LogP contribution in [0.2, 0.25) is 0 Å². The van der Waals surface area contributed by atoms with Crippen molar-refractivity contribution in [3.63, 3.8) is 0 Å². The largest absolute Gasteiger partial charge is 0.480 e. The number of nitrogens with zero attached hydrogens (tertiary/aromatic N) is 2. The average Bonchev–Trinajstić information content (AvgIpc) is 3.20. The molecule has 0 bridgehead atoms. The van der Waals surface area contributed by atoms with Crippen molar-refractivity contribution in [2.75, 3.05) is 0 Å². The lowest BCUT2D eigenvalue weighted by atomic mass is 9.99. The number of carboxylic acids is 1. The van der Waals surface area contributed by atoms with Crippen LogP contribution >= 0.6 is 11.3 Å². The quantitative estimate of drug-likeness (QED) is 0.766. The number of nitrogens with one attached hydrogen (secondary N) is 1. The Morgan fingerprint density at radius 3 is 2.87 bits per heavy atom. The molecular weight excluding hydrogens is 318 g/mol. The highest BCUT2D eigenvalue weighted by Gasteiger charge is 2.25. The van der Waals surface area contributed by atoms with Crippen molar-refractivity contribution in [2.24, 2.45) is 5.92 Å². The maximum atomic E-state index is 11.9. The van der Waals surface area contributed by atoms with E-state index in [-0.39, 0.29) is 24.7 Å². The van der Waals surface area contributed by atoms with Crippen molar-refractivity contribution in [3.05, 3.63) is 22.7 Å². The third-order valence-electron chi connectivity index (χ3n) is 3.61. The van der Waals surface area contributed by atoms with Gasteiger partial charge >= 0.3 is 5.97 Å². The van der Waals surface area contributed by atoms with E-state index in [0.717, 1.165) is 5.56 Å². The summed E-state index contributed by atoms with van der Waals surface area (Å²) in [5, 5.41) is 19.4. The van der Waals surface area contributed by atoms with Gasteiger partial charge in [0.15, 0.2) is 0 Å². The summed E-state index contributed by atoms with van der Waals surface area (Å²) < 4.78 is 5.11. The molecule has 2 atom stereocenters. The van der Waals surface area contributed by atoms with Gasteiger partial charge in [0, 0.05) is 23.8 Å². The molecule has 2 heterocycles. The topological polar surface area (TPSA) is 105 Å². The highest BCUT2D eigenvalue weighted by molar-refractivity contribution is 7.08. The molecule has 2 N–H and O–H groups in total. The van der Waals surface area contributed by atoms with Gasteiger partial charge in [-0.15, -0.1) is 0 Å². The fraction of sp³-hybridized carbons (Fsp3) is 0.467. The lowest BCUT2D eigenvalue weighted by Crippen LogP contribution is -2.45. The van der Waals surface area contributed by atoms with Crippen LogP contribution < -0.4 is 5.32 Å². The Morgan fingerprint density at radius 1 is 1.48 bits per heavy atom. The lowest BCUT2D eigenvalue weighted by molar-refractivity contribution is -0.143. The second kappa shape index (κ2) is 7.87. The van der Waals surface area contributed by atoms with E-state index in [4.69, 9.17) is 9.63 Å². The molecule has 124 valence electrons. The molecule has 0 aliphatic carbocycles. The van der Waals surface area contributed by atoms with Gasteiger partial charge in [-0.3, -0.25) is 4.79 Å². The number of amides is 1. The normalized spacial score (nSPS) is 13.5. The predicted molar refractivity (Wildman–Crippen MR) is 85.0 cm³/mol. The fourth-order valence-electron chi connectivity index (χ4n) is 2.01. The van der Waals surface area contributed by atoms with Crippen molar-refractivity contribution in [2.45, 2.75) is 39.2 Å². The highest BCUT2D eigenvalue weighted by atomic mass is 32.1. The number of hydrogen-bond acceptors (Lipinski definition) is 6. The van der Waals surface area contributed by atoms with Crippen LogP contribution in [0.15, 0.2) is 21.3 Å². The Hall–Kier alpha value is -2.22. The van der Waals surface area contributed by atoms with E-state index >= 15 is 0 Å². The standard InChI is InChI=1S/C15H19N3O4S/c1-3-9(2)13(15(20)21)16-11(19)4-5-12-17-14(18-22-12)10-6-7-23-8-10/h6-9,13H,3-5H2,1-2H3,(H,16,19)(H,20,21)/t9-,13-/m0/s1. The summed E-state index contributed by atoms with van der Waals surface area (Å²) in [7, 11) is 0. The number of carbonyl (C=O) groups excluding carboxylic acids is 1. The third kappa shape index (κ3) is 4.62. The van der Waals surface area contributed by atoms with Crippen LogP contribution in [0.1, 0.15) is 32.6 Å². The molecule has 2 rings (SSSR count). The third-order valence-corrected chi connectivity index (χ3v) is 4.29. The first kappa shape index (κ1) is 17.1. The number of hydrogen-bond donors (Lipinski definition) is 2. The number of aryl methyl sites for hydroxylation is 1. The van der Waals surface area contributed by atoms with Crippen LogP contribution in [0.25, 0.3) is 11.4 Å². The Balaban J connectivity index is 1.88. The first-order valence-corrected chi connectivity index (χ1v) is 8.32. The molecule has 0 saturated carbocycles. The molecule has 0 saturated heterocycles. The summed E-state index contributed by atoms with van der Waals surface area (Å²) in [5.74, 6) is -0.648. The summed E-state index contributed by atoms with van der Waals surface area (Å²) in [5.41, 5.74) is 0.872. The fourth-order valence-corrected chi connectivity index (χ4v) is 2.65. The predicted octanol–water partition coefficient (Wildman–Crippen LogP) is 2.35. The second-order valence-corrected chi connectivity index (χ2v) is 6.07. The number of thiophene rings is 1. The number of rotatable bonds is 8. The van der Waals surface area contributed by atoms with Gasteiger partial charge < -0.3 is 14.9 Å². The second-order valence-electron chi connectivity index (χ2n) is 5.29. The zero-order valence-electron chi connectivity index (χ0n) is 13.0. The highest BCUT2D eigenvalue weighted by Crippen LogP contribution is 2.19. The van der Waals surface area contributed by atoms with E-state index in [9.17, 15) is 9.59 Å². The van der Waals surface area contributed by atoms with Crippen molar-refractivity contribution < 1.29 is 19.2 Å². The number of carbonyl (C=O) groups is 2. The summed E-state index contributed by atoms with van der Waals surface area (Å²) in [6.07, 6.45) is 1.05. The zero-order chi connectivity index (χ0) is 16.8. The van der Waals surface area contributed by atoms with Gasteiger partial charge in [-0.25, -0.2) is 4.79 Å². The molecule has 0 aliphatic rings. The van der Waals surface area contributed by atoms with Gasteiger partial charge in [0.2, 0.25) is 17.6 Å². The van der Waals surface area contributed by atoms with Gasteiger partial charge in [-0.1, -0.05) is 25.4 Å².